The molecule has 114 valence electrons. The molecule has 3 N–H and O–H groups in total. The number of morpholine rings is 1. The van der Waals surface area contributed by atoms with Gasteiger partial charge in [-0.1, -0.05) is 0 Å². The van der Waals surface area contributed by atoms with Crippen LogP contribution in [0.3, 0.4) is 0 Å². The van der Waals surface area contributed by atoms with Gasteiger partial charge in [0.2, 0.25) is 0 Å². The molecule has 0 radical (unpaired) electrons. The zero-order valence-corrected chi connectivity index (χ0v) is 13.4. The number of ether oxygens (including phenoxy) is 1. The van der Waals surface area contributed by atoms with Crippen molar-refractivity contribution in [3.63, 3.8) is 0 Å². The third-order valence-corrected chi connectivity index (χ3v) is 4.90. The fourth-order valence-electron chi connectivity index (χ4n) is 2.99. The Morgan fingerprint density at radius 3 is 3.19 bits per heavy atom. The summed E-state index contributed by atoms with van der Waals surface area (Å²) in [5.74, 6) is -0.0946. The Labute approximate surface area is 132 Å². The molecule has 0 bridgehead atoms. The second kappa shape index (κ2) is 6.34. The Morgan fingerprint density at radius 2 is 2.38 bits per heavy atom. The summed E-state index contributed by atoms with van der Waals surface area (Å²) < 4.78 is 6.58. The summed E-state index contributed by atoms with van der Waals surface area (Å²) in [7, 11) is 0. The number of nitrogen functional groups attached to an aromatic ring is 1. The average molecular weight is 354 g/mol. The first-order chi connectivity index (χ1) is 10.1. The van der Waals surface area contributed by atoms with Gasteiger partial charge in [0.15, 0.2) is 0 Å². The molecule has 3 rings (SSSR count). The maximum absolute atomic E-state index is 12.1. The Hall–Kier alpha value is -1.11. The molecule has 5 nitrogen and oxygen atoms in total. The maximum Gasteiger partial charge on any atom is 0.251 e. The van der Waals surface area contributed by atoms with Gasteiger partial charge in [-0.15, -0.1) is 0 Å². The minimum Gasteiger partial charge on any atom is -0.398 e. The van der Waals surface area contributed by atoms with Crippen molar-refractivity contribution in [3.05, 3.63) is 28.2 Å². The highest BCUT2D eigenvalue weighted by atomic mass is 79.9. The van der Waals surface area contributed by atoms with Gasteiger partial charge in [-0.2, -0.15) is 0 Å². The van der Waals surface area contributed by atoms with Crippen LogP contribution in [-0.4, -0.2) is 49.2 Å². The highest BCUT2D eigenvalue weighted by Gasteiger charge is 2.32. The quantitative estimate of drug-likeness (QED) is 0.810. The van der Waals surface area contributed by atoms with E-state index in [1.54, 1.807) is 18.2 Å². The van der Waals surface area contributed by atoms with Crippen LogP contribution in [-0.2, 0) is 4.74 Å². The second-order valence-corrected chi connectivity index (χ2v) is 6.55. The SMILES string of the molecule is Nc1ccc(C(=O)NCC2CN3CCCC3CO2)cc1Br. The minimum atomic E-state index is -0.0946. The monoisotopic (exact) mass is 353 g/mol. The summed E-state index contributed by atoms with van der Waals surface area (Å²) in [6, 6.07) is 5.78. The van der Waals surface area contributed by atoms with Gasteiger partial charge in [0.05, 0.1) is 12.7 Å². The van der Waals surface area contributed by atoms with Crippen LogP contribution < -0.4 is 11.1 Å². The molecule has 21 heavy (non-hydrogen) atoms. The van der Waals surface area contributed by atoms with E-state index in [9.17, 15) is 4.79 Å². The molecule has 0 aromatic heterocycles. The van der Waals surface area contributed by atoms with Gasteiger partial charge in [0.25, 0.3) is 5.91 Å². The summed E-state index contributed by atoms with van der Waals surface area (Å²) >= 11 is 3.34. The van der Waals surface area contributed by atoms with Gasteiger partial charge in [-0.05, 0) is 53.5 Å². The summed E-state index contributed by atoms with van der Waals surface area (Å²) in [4.78, 5) is 14.6. The average Bonchev–Trinajstić information content (AvgIpc) is 2.95. The summed E-state index contributed by atoms with van der Waals surface area (Å²) in [5, 5.41) is 2.94. The van der Waals surface area contributed by atoms with Crippen molar-refractivity contribution in [2.75, 3.05) is 32.0 Å². The van der Waals surface area contributed by atoms with E-state index in [0.717, 1.165) is 24.2 Å². The number of carbonyl (C=O) groups is 1. The number of anilines is 1. The lowest BCUT2D eigenvalue weighted by Gasteiger charge is -2.35. The van der Waals surface area contributed by atoms with E-state index in [4.69, 9.17) is 10.5 Å². The third kappa shape index (κ3) is 3.39. The molecule has 2 fully saturated rings. The Kier molecular flexibility index (Phi) is 4.47. The molecule has 2 aliphatic heterocycles. The fourth-order valence-corrected chi connectivity index (χ4v) is 3.36. The molecule has 1 aromatic carbocycles. The zero-order valence-electron chi connectivity index (χ0n) is 11.8. The normalized spacial score (nSPS) is 25.6. The molecule has 0 saturated carbocycles. The Balaban J connectivity index is 1.52. The summed E-state index contributed by atoms with van der Waals surface area (Å²) in [5.41, 5.74) is 6.95. The van der Waals surface area contributed by atoms with Crippen LogP contribution in [0.5, 0.6) is 0 Å². The van der Waals surface area contributed by atoms with Gasteiger partial charge in [-0.3, -0.25) is 9.69 Å². The largest absolute Gasteiger partial charge is 0.398 e. The molecule has 2 unspecified atom stereocenters. The standard InChI is InChI=1S/C15H20BrN3O2/c16-13-6-10(3-4-14(13)17)15(20)18-7-12-8-19-5-1-2-11(19)9-21-12/h3-4,6,11-12H,1-2,5,7-9,17H2,(H,18,20). The van der Waals surface area contributed by atoms with Crippen molar-refractivity contribution >= 4 is 27.5 Å². The molecular formula is C15H20BrN3O2. The van der Waals surface area contributed by atoms with Crippen LogP contribution >= 0.6 is 15.9 Å². The van der Waals surface area contributed by atoms with Gasteiger partial charge >= 0.3 is 0 Å². The van der Waals surface area contributed by atoms with Crippen molar-refractivity contribution < 1.29 is 9.53 Å². The molecule has 2 heterocycles. The van der Waals surface area contributed by atoms with Gasteiger partial charge in [-0.25, -0.2) is 0 Å². The molecule has 2 aliphatic rings. The van der Waals surface area contributed by atoms with Gasteiger partial charge in [0.1, 0.15) is 0 Å². The molecule has 6 heteroatoms. The molecule has 2 atom stereocenters. The first-order valence-electron chi connectivity index (χ1n) is 7.32. The minimum absolute atomic E-state index is 0.0838. The number of amides is 1. The number of halogens is 1. The first kappa shape index (κ1) is 14.8. The number of carbonyl (C=O) groups excluding carboxylic acids is 1. The topological polar surface area (TPSA) is 67.6 Å². The zero-order chi connectivity index (χ0) is 14.8. The lowest BCUT2D eigenvalue weighted by atomic mass is 10.1. The molecular weight excluding hydrogens is 334 g/mol. The van der Waals surface area contributed by atoms with Crippen LogP contribution in [0.2, 0.25) is 0 Å². The van der Waals surface area contributed by atoms with Gasteiger partial charge < -0.3 is 15.8 Å². The summed E-state index contributed by atoms with van der Waals surface area (Å²) in [6.07, 6.45) is 2.58. The molecule has 1 aromatic rings. The molecule has 0 spiro atoms. The lowest BCUT2D eigenvalue weighted by molar-refractivity contribution is -0.0461. The first-order valence-corrected chi connectivity index (χ1v) is 8.11. The number of hydrogen-bond acceptors (Lipinski definition) is 4. The van der Waals surface area contributed by atoms with Crippen LogP contribution in [0, 0.1) is 0 Å². The number of nitrogens with zero attached hydrogens (tertiary/aromatic N) is 1. The van der Waals surface area contributed by atoms with Crippen molar-refractivity contribution in [3.8, 4) is 0 Å². The van der Waals surface area contributed by atoms with Crippen molar-refractivity contribution in [2.45, 2.75) is 25.0 Å². The predicted octanol–water partition coefficient (Wildman–Crippen LogP) is 1.62. The predicted molar refractivity (Wildman–Crippen MR) is 85.2 cm³/mol. The van der Waals surface area contributed by atoms with Crippen LogP contribution in [0.25, 0.3) is 0 Å². The molecule has 1 amide bonds. The Bertz CT molecular complexity index is 538. The van der Waals surface area contributed by atoms with E-state index in [-0.39, 0.29) is 12.0 Å². The van der Waals surface area contributed by atoms with Gasteiger partial charge in [0, 0.05) is 34.9 Å². The molecule has 0 aliphatic carbocycles. The summed E-state index contributed by atoms with van der Waals surface area (Å²) in [6.45, 7) is 3.40. The van der Waals surface area contributed by atoms with E-state index >= 15 is 0 Å². The van der Waals surface area contributed by atoms with E-state index in [1.807, 2.05) is 0 Å². The van der Waals surface area contributed by atoms with E-state index in [2.05, 4.69) is 26.1 Å². The van der Waals surface area contributed by atoms with Crippen LogP contribution in [0.4, 0.5) is 5.69 Å². The number of nitrogens with two attached hydrogens (primary N) is 1. The van der Waals surface area contributed by atoms with E-state index < -0.39 is 0 Å². The third-order valence-electron chi connectivity index (χ3n) is 4.21. The van der Waals surface area contributed by atoms with Crippen LogP contribution in [0.1, 0.15) is 23.2 Å². The smallest absolute Gasteiger partial charge is 0.251 e. The highest BCUT2D eigenvalue weighted by molar-refractivity contribution is 9.10. The number of benzene rings is 1. The van der Waals surface area contributed by atoms with E-state index in [0.29, 0.717) is 23.8 Å². The van der Waals surface area contributed by atoms with Crippen molar-refractivity contribution in [1.29, 1.82) is 0 Å². The maximum atomic E-state index is 12.1. The number of fused-ring (bicyclic) bond motifs is 1. The lowest BCUT2D eigenvalue weighted by Crippen LogP contribution is -2.50. The van der Waals surface area contributed by atoms with E-state index in [1.165, 1.54) is 12.8 Å². The Morgan fingerprint density at radius 1 is 1.52 bits per heavy atom. The highest BCUT2D eigenvalue weighted by Crippen LogP contribution is 2.23. The number of nitrogens with one attached hydrogen (secondary N) is 1. The number of hydrogen-bond donors (Lipinski definition) is 2. The van der Waals surface area contributed by atoms with Crippen molar-refractivity contribution in [2.24, 2.45) is 0 Å². The fraction of sp³-hybridized carbons (Fsp3) is 0.533. The van der Waals surface area contributed by atoms with Crippen molar-refractivity contribution in [1.82, 2.24) is 10.2 Å². The molecule has 2 saturated heterocycles. The number of rotatable bonds is 3. The second-order valence-electron chi connectivity index (χ2n) is 5.69. The van der Waals surface area contributed by atoms with Crippen LogP contribution in [0.15, 0.2) is 22.7 Å².